The molecule has 0 heterocycles. The molecule has 1 rings (SSSR count). The smallest absolute Gasteiger partial charge is 0.123 e. The Morgan fingerprint density at radius 2 is 1.83 bits per heavy atom. The zero-order valence-electron chi connectivity index (χ0n) is 16.2. The molecule has 0 aliphatic carbocycles. The fraction of sp³-hybridized carbons (Fsp3) is 0.700. The maximum atomic E-state index is 10.4. The Balaban J connectivity index is 2.69. The van der Waals surface area contributed by atoms with E-state index in [0.29, 0.717) is 19.1 Å². The Labute approximate surface area is 147 Å². The van der Waals surface area contributed by atoms with Crippen LogP contribution in [0.3, 0.4) is 0 Å². The number of methoxy groups -OCH3 is 1. The van der Waals surface area contributed by atoms with Gasteiger partial charge in [-0.15, -0.1) is 0 Å². The fourth-order valence-corrected chi connectivity index (χ4v) is 2.45. The monoisotopic (exact) mass is 337 g/mol. The molecule has 0 aliphatic rings. The standard InChI is InChI=1S/C20H35NO3/c1-16(2)11-12-21(14-18(22)15-24-20(3,4)5)13-17-9-7-8-10-19(17)23-6/h7-10,16,18,22H,11-15H2,1-6H3. The van der Waals surface area contributed by atoms with Gasteiger partial charge in [0, 0.05) is 18.7 Å². The minimum absolute atomic E-state index is 0.230. The molecule has 138 valence electrons. The topological polar surface area (TPSA) is 41.9 Å². The van der Waals surface area contributed by atoms with Gasteiger partial charge in [0.25, 0.3) is 0 Å². The summed E-state index contributed by atoms with van der Waals surface area (Å²) in [5.74, 6) is 1.53. The van der Waals surface area contributed by atoms with Gasteiger partial charge < -0.3 is 14.6 Å². The van der Waals surface area contributed by atoms with Crippen molar-refractivity contribution >= 4 is 0 Å². The third kappa shape index (κ3) is 8.67. The third-order valence-electron chi connectivity index (χ3n) is 3.79. The van der Waals surface area contributed by atoms with Crippen molar-refractivity contribution in [3.05, 3.63) is 29.8 Å². The number of aliphatic hydroxyl groups is 1. The maximum absolute atomic E-state index is 10.4. The molecular formula is C20H35NO3. The van der Waals surface area contributed by atoms with Crippen LogP contribution >= 0.6 is 0 Å². The van der Waals surface area contributed by atoms with Crippen LogP contribution in [0.2, 0.25) is 0 Å². The molecule has 24 heavy (non-hydrogen) atoms. The molecule has 0 saturated carbocycles. The summed E-state index contributed by atoms with van der Waals surface area (Å²) in [5.41, 5.74) is 0.916. The predicted octanol–water partition coefficient (Wildman–Crippen LogP) is 3.72. The van der Waals surface area contributed by atoms with Gasteiger partial charge in [-0.2, -0.15) is 0 Å². The zero-order chi connectivity index (χ0) is 18.2. The summed E-state index contributed by atoms with van der Waals surface area (Å²) in [5, 5.41) is 10.4. The van der Waals surface area contributed by atoms with E-state index in [2.05, 4.69) is 24.8 Å². The molecule has 0 radical (unpaired) electrons. The summed E-state index contributed by atoms with van der Waals surface area (Å²) >= 11 is 0. The number of rotatable bonds is 10. The van der Waals surface area contributed by atoms with E-state index in [1.165, 1.54) is 0 Å². The first kappa shape index (κ1) is 20.9. The highest BCUT2D eigenvalue weighted by atomic mass is 16.5. The Hall–Kier alpha value is -1.10. The van der Waals surface area contributed by atoms with Crippen molar-refractivity contribution in [3.63, 3.8) is 0 Å². The van der Waals surface area contributed by atoms with Crippen LogP contribution in [-0.4, -0.2) is 48.5 Å². The molecule has 0 aromatic heterocycles. The predicted molar refractivity (Wildman–Crippen MR) is 99.4 cm³/mol. The van der Waals surface area contributed by atoms with Crippen molar-refractivity contribution in [3.8, 4) is 5.75 Å². The van der Waals surface area contributed by atoms with Crippen LogP contribution in [0.1, 0.15) is 46.6 Å². The van der Waals surface area contributed by atoms with E-state index in [9.17, 15) is 5.11 Å². The first-order chi connectivity index (χ1) is 11.2. The van der Waals surface area contributed by atoms with Crippen LogP contribution in [0.15, 0.2) is 24.3 Å². The lowest BCUT2D eigenvalue weighted by atomic mass is 10.1. The van der Waals surface area contributed by atoms with Gasteiger partial charge in [0.1, 0.15) is 5.75 Å². The van der Waals surface area contributed by atoms with Crippen molar-refractivity contribution in [2.24, 2.45) is 5.92 Å². The first-order valence-electron chi connectivity index (χ1n) is 8.87. The maximum Gasteiger partial charge on any atom is 0.123 e. The van der Waals surface area contributed by atoms with Gasteiger partial charge in [-0.25, -0.2) is 0 Å². The Bertz CT molecular complexity index is 468. The number of aliphatic hydroxyl groups excluding tert-OH is 1. The van der Waals surface area contributed by atoms with E-state index in [0.717, 1.165) is 30.8 Å². The van der Waals surface area contributed by atoms with Crippen molar-refractivity contribution < 1.29 is 14.6 Å². The van der Waals surface area contributed by atoms with Crippen molar-refractivity contribution in [2.75, 3.05) is 26.8 Å². The number of ether oxygens (including phenoxy) is 2. The Morgan fingerprint density at radius 1 is 1.17 bits per heavy atom. The number of benzene rings is 1. The summed E-state index contributed by atoms with van der Waals surface area (Å²) in [6.07, 6.45) is 0.605. The van der Waals surface area contributed by atoms with E-state index in [1.807, 2.05) is 39.0 Å². The summed E-state index contributed by atoms with van der Waals surface area (Å²) in [6.45, 7) is 13.1. The normalized spacial score (nSPS) is 13.5. The highest BCUT2D eigenvalue weighted by molar-refractivity contribution is 5.33. The molecule has 0 saturated heterocycles. The summed E-state index contributed by atoms with van der Waals surface area (Å²) in [7, 11) is 1.70. The van der Waals surface area contributed by atoms with Crippen LogP contribution < -0.4 is 4.74 Å². The molecule has 0 bridgehead atoms. The van der Waals surface area contributed by atoms with E-state index < -0.39 is 6.10 Å². The second-order valence-electron chi connectivity index (χ2n) is 7.81. The van der Waals surface area contributed by atoms with Gasteiger partial charge in [-0.3, -0.25) is 4.90 Å². The minimum atomic E-state index is -0.494. The average Bonchev–Trinajstić information content (AvgIpc) is 2.50. The largest absolute Gasteiger partial charge is 0.496 e. The van der Waals surface area contributed by atoms with Crippen LogP contribution in [0.25, 0.3) is 0 Å². The SMILES string of the molecule is COc1ccccc1CN(CCC(C)C)CC(O)COC(C)(C)C. The minimum Gasteiger partial charge on any atom is -0.496 e. The van der Waals surface area contributed by atoms with Gasteiger partial charge in [-0.1, -0.05) is 32.0 Å². The average molecular weight is 338 g/mol. The van der Waals surface area contributed by atoms with E-state index in [4.69, 9.17) is 9.47 Å². The molecular weight excluding hydrogens is 302 g/mol. The van der Waals surface area contributed by atoms with E-state index >= 15 is 0 Å². The summed E-state index contributed by atoms with van der Waals surface area (Å²) in [4.78, 5) is 2.29. The van der Waals surface area contributed by atoms with Crippen molar-refractivity contribution in [2.45, 2.75) is 59.3 Å². The molecule has 0 fully saturated rings. The lowest BCUT2D eigenvalue weighted by Crippen LogP contribution is -2.37. The molecule has 4 nitrogen and oxygen atoms in total. The quantitative estimate of drug-likeness (QED) is 0.706. The molecule has 1 aromatic rings. The zero-order valence-corrected chi connectivity index (χ0v) is 16.2. The lowest BCUT2D eigenvalue weighted by molar-refractivity contribution is -0.0569. The van der Waals surface area contributed by atoms with Gasteiger partial charge in [-0.05, 0) is 45.7 Å². The van der Waals surface area contributed by atoms with Gasteiger partial charge in [0.15, 0.2) is 0 Å². The molecule has 4 heteroatoms. The van der Waals surface area contributed by atoms with E-state index in [1.54, 1.807) is 7.11 Å². The molecule has 0 spiro atoms. The molecule has 0 amide bonds. The Morgan fingerprint density at radius 3 is 2.42 bits per heavy atom. The fourth-order valence-electron chi connectivity index (χ4n) is 2.45. The van der Waals surface area contributed by atoms with Crippen LogP contribution in [0, 0.1) is 5.92 Å². The second kappa shape index (κ2) is 10.0. The highest BCUT2D eigenvalue weighted by Gasteiger charge is 2.18. The summed E-state index contributed by atoms with van der Waals surface area (Å²) < 4.78 is 11.2. The highest BCUT2D eigenvalue weighted by Crippen LogP contribution is 2.20. The molecule has 1 unspecified atom stereocenters. The number of para-hydroxylation sites is 1. The lowest BCUT2D eigenvalue weighted by Gasteiger charge is -2.28. The van der Waals surface area contributed by atoms with Gasteiger partial charge >= 0.3 is 0 Å². The molecule has 0 aliphatic heterocycles. The number of nitrogens with zero attached hydrogens (tertiary/aromatic N) is 1. The van der Waals surface area contributed by atoms with Crippen LogP contribution in [0.5, 0.6) is 5.75 Å². The number of hydrogen-bond acceptors (Lipinski definition) is 4. The number of hydrogen-bond donors (Lipinski definition) is 1. The first-order valence-corrected chi connectivity index (χ1v) is 8.87. The molecule has 1 aromatic carbocycles. The summed E-state index contributed by atoms with van der Waals surface area (Å²) in [6, 6.07) is 8.07. The molecule has 1 atom stereocenters. The van der Waals surface area contributed by atoms with Crippen molar-refractivity contribution in [1.29, 1.82) is 0 Å². The van der Waals surface area contributed by atoms with Crippen LogP contribution in [0.4, 0.5) is 0 Å². The van der Waals surface area contributed by atoms with Crippen molar-refractivity contribution in [1.82, 2.24) is 4.90 Å². The van der Waals surface area contributed by atoms with Crippen LogP contribution in [-0.2, 0) is 11.3 Å². The van der Waals surface area contributed by atoms with Gasteiger partial charge in [0.05, 0.1) is 25.4 Å². The second-order valence-corrected chi connectivity index (χ2v) is 7.81. The van der Waals surface area contributed by atoms with E-state index in [-0.39, 0.29) is 5.60 Å². The molecule has 1 N–H and O–H groups in total. The van der Waals surface area contributed by atoms with Gasteiger partial charge in [0.2, 0.25) is 0 Å². The Kier molecular flexibility index (Phi) is 8.74. The third-order valence-corrected chi connectivity index (χ3v) is 3.79.